The molecule has 0 spiro atoms. The van der Waals surface area contributed by atoms with Crippen LogP contribution in [0.5, 0.6) is 11.5 Å². The lowest BCUT2D eigenvalue weighted by Crippen LogP contribution is -2.27. The van der Waals surface area contributed by atoms with E-state index in [2.05, 4.69) is 0 Å². The van der Waals surface area contributed by atoms with Crippen molar-refractivity contribution < 1.29 is 19.3 Å². The van der Waals surface area contributed by atoms with Crippen LogP contribution in [0, 0.1) is 0 Å². The van der Waals surface area contributed by atoms with E-state index in [-0.39, 0.29) is 18.9 Å². The van der Waals surface area contributed by atoms with Gasteiger partial charge in [-0.3, -0.25) is 0 Å². The first-order valence-corrected chi connectivity index (χ1v) is 7.04. The Morgan fingerprint density at radius 3 is 2.95 bits per heavy atom. The minimum Gasteiger partial charge on any atom is -0.496 e. The smallest absolute Gasteiger partial charge is 0.199 e. The number of aliphatic hydroxyl groups excluding tert-OH is 1. The van der Waals surface area contributed by atoms with Crippen molar-refractivity contribution in [1.29, 1.82) is 0 Å². The lowest BCUT2D eigenvalue weighted by Gasteiger charge is -2.24. The summed E-state index contributed by atoms with van der Waals surface area (Å²) >= 11 is 0. The fourth-order valence-electron chi connectivity index (χ4n) is 2.27. The van der Waals surface area contributed by atoms with Crippen LogP contribution in [-0.2, 0) is 11.2 Å². The van der Waals surface area contributed by atoms with Crippen LogP contribution in [0.3, 0.4) is 0 Å². The molecule has 5 heteroatoms. The van der Waals surface area contributed by atoms with Gasteiger partial charge in [0.2, 0.25) is 0 Å². The van der Waals surface area contributed by atoms with E-state index in [1.807, 2.05) is 18.2 Å². The molecule has 0 aliphatic carbocycles. The van der Waals surface area contributed by atoms with Gasteiger partial charge in [0.1, 0.15) is 11.5 Å². The van der Waals surface area contributed by atoms with Gasteiger partial charge in [-0.1, -0.05) is 6.07 Å². The van der Waals surface area contributed by atoms with Crippen molar-refractivity contribution in [2.24, 2.45) is 5.73 Å². The monoisotopic (exact) mass is 281 g/mol. The Labute approximate surface area is 119 Å². The highest BCUT2D eigenvalue weighted by Crippen LogP contribution is 2.27. The fourth-order valence-corrected chi connectivity index (χ4v) is 2.27. The summed E-state index contributed by atoms with van der Waals surface area (Å²) in [4.78, 5) is 0. The molecule has 20 heavy (non-hydrogen) atoms. The van der Waals surface area contributed by atoms with Crippen LogP contribution in [0.4, 0.5) is 0 Å². The summed E-state index contributed by atoms with van der Waals surface area (Å²) in [6.45, 7) is 0.711. The number of benzene rings is 1. The molecule has 0 saturated carbocycles. The third-order valence-corrected chi connectivity index (χ3v) is 3.38. The molecule has 2 rings (SSSR count). The molecule has 2 unspecified atom stereocenters. The van der Waals surface area contributed by atoms with Gasteiger partial charge in [0.15, 0.2) is 6.29 Å². The van der Waals surface area contributed by atoms with E-state index in [9.17, 15) is 0 Å². The van der Waals surface area contributed by atoms with Crippen molar-refractivity contribution in [2.45, 2.75) is 38.0 Å². The van der Waals surface area contributed by atoms with Crippen molar-refractivity contribution in [2.75, 3.05) is 20.3 Å². The van der Waals surface area contributed by atoms with Gasteiger partial charge in [-0.15, -0.1) is 0 Å². The van der Waals surface area contributed by atoms with Crippen LogP contribution >= 0.6 is 0 Å². The Morgan fingerprint density at radius 2 is 2.30 bits per heavy atom. The second-order valence-corrected chi connectivity index (χ2v) is 5.03. The molecule has 1 aromatic rings. The van der Waals surface area contributed by atoms with E-state index < -0.39 is 0 Å². The van der Waals surface area contributed by atoms with Gasteiger partial charge in [0.25, 0.3) is 0 Å². The Hall–Kier alpha value is -1.30. The van der Waals surface area contributed by atoms with Gasteiger partial charge >= 0.3 is 0 Å². The molecule has 1 heterocycles. The predicted molar refractivity (Wildman–Crippen MR) is 76.0 cm³/mol. The maximum atomic E-state index is 9.02. The van der Waals surface area contributed by atoms with Crippen LogP contribution in [0.1, 0.15) is 24.8 Å². The normalized spacial score (nSPS) is 20.4. The summed E-state index contributed by atoms with van der Waals surface area (Å²) in [5, 5.41) is 9.02. The van der Waals surface area contributed by atoms with E-state index in [0.29, 0.717) is 6.42 Å². The lowest BCUT2D eigenvalue weighted by molar-refractivity contribution is -0.105. The highest BCUT2D eigenvalue weighted by Gasteiger charge is 2.16. The summed E-state index contributed by atoms with van der Waals surface area (Å²) < 4.78 is 16.7. The van der Waals surface area contributed by atoms with Crippen LogP contribution in [-0.4, -0.2) is 37.8 Å². The molecular formula is C15H23NO4. The molecule has 112 valence electrons. The molecule has 5 nitrogen and oxygen atoms in total. The largest absolute Gasteiger partial charge is 0.496 e. The summed E-state index contributed by atoms with van der Waals surface area (Å²) in [5.74, 6) is 1.46. The zero-order valence-electron chi connectivity index (χ0n) is 11.9. The van der Waals surface area contributed by atoms with E-state index in [4.69, 9.17) is 25.1 Å². The average Bonchev–Trinajstić information content (AvgIpc) is 2.49. The number of methoxy groups -OCH3 is 1. The highest BCUT2D eigenvalue weighted by atomic mass is 16.7. The van der Waals surface area contributed by atoms with Crippen molar-refractivity contribution in [3.63, 3.8) is 0 Å². The maximum absolute atomic E-state index is 9.02. The minimum absolute atomic E-state index is 0.0443. The Bertz CT molecular complexity index is 418. The molecule has 1 aliphatic rings. The van der Waals surface area contributed by atoms with Crippen LogP contribution in [0.15, 0.2) is 18.2 Å². The summed E-state index contributed by atoms with van der Waals surface area (Å²) in [6.07, 6.45) is 3.55. The Kier molecular flexibility index (Phi) is 5.64. The number of hydrogen-bond acceptors (Lipinski definition) is 5. The topological polar surface area (TPSA) is 73.9 Å². The second kappa shape index (κ2) is 7.47. The van der Waals surface area contributed by atoms with E-state index in [1.54, 1.807) is 7.11 Å². The first kappa shape index (κ1) is 15.1. The summed E-state index contributed by atoms with van der Waals surface area (Å²) in [7, 11) is 1.62. The van der Waals surface area contributed by atoms with Gasteiger partial charge < -0.3 is 25.1 Å². The van der Waals surface area contributed by atoms with Crippen molar-refractivity contribution in [3.8, 4) is 11.5 Å². The standard InChI is InChI=1S/C15H23NO4/c1-18-14-9-13(20-15-4-2-3-7-19-15)6-5-11(14)8-12(16)10-17/h5-6,9,12,15,17H,2-4,7-8,10,16H2,1H3. The number of nitrogens with two attached hydrogens (primary N) is 1. The molecule has 0 radical (unpaired) electrons. The number of rotatable bonds is 6. The molecule has 1 aliphatic heterocycles. The highest BCUT2D eigenvalue weighted by molar-refractivity contribution is 5.41. The van der Waals surface area contributed by atoms with Gasteiger partial charge in [-0.25, -0.2) is 0 Å². The van der Waals surface area contributed by atoms with E-state index >= 15 is 0 Å². The van der Waals surface area contributed by atoms with E-state index in [0.717, 1.165) is 42.9 Å². The average molecular weight is 281 g/mol. The van der Waals surface area contributed by atoms with E-state index in [1.165, 1.54) is 0 Å². The molecule has 1 aromatic carbocycles. The first-order chi connectivity index (χ1) is 9.72. The molecule has 3 N–H and O–H groups in total. The number of hydrogen-bond donors (Lipinski definition) is 2. The Morgan fingerprint density at radius 1 is 1.45 bits per heavy atom. The Balaban J connectivity index is 2.03. The molecule has 2 atom stereocenters. The van der Waals surface area contributed by atoms with Gasteiger partial charge in [-0.2, -0.15) is 0 Å². The third kappa shape index (κ3) is 4.10. The summed E-state index contributed by atoms with van der Waals surface area (Å²) in [6, 6.07) is 5.38. The maximum Gasteiger partial charge on any atom is 0.199 e. The fraction of sp³-hybridized carbons (Fsp3) is 0.600. The van der Waals surface area contributed by atoms with Gasteiger partial charge in [0.05, 0.1) is 20.3 Å². The molecule has 0 aromatic heterocycles. The minimum atomic E-state index is -0.280. The quantitative estimate of drug-likeness (QED) is 0.826. The van der Waals surface area contributed by atoms with Crippen molar-refractivity contribution in [3.05, 3.63) is 23.8 Å². The number of aliphatic hydroxyl groups is 1. The molecule has 1 fully saturated rings. The molecule has 1 saturated heterocycles. The molecule has 0 amide bonds. The van der Waals surface area contributed by atoms with Crippen molar-refractivity contribution >= 4 is 0 Å². The SMILES string of the molecule is COc1cc(OC2CCCCO2)ccc1CC(N)CO. The van der Waals surface area contributed by atoms with Gasteiger partial charge in [0, 0.05) is 18.5 Å². The van der Waals surface area contributed by atoms with Crippen LogP contribution in [0.25, 0.3) is 0 Å². The predicted octanol–water partition coefficient (Wildman–Crippen LogP) is 1.46. The van der Waals surface area contributed by atoms with Crippen LogP contribution in [0.2, 0.25) is 0 Å². The summed E-state index contributed by atoms with van der Waals surface area (Å²) in [5.41, 5.74) is 6.72. The zero-order valence-corrected chi connectivity index (χ0v) is 11.9. The zero-order chi connectivity index (χ0) is 14.4. The van der Waals surface area contributed by atoms with Gasteiger partial charge in [-0.05, 0) is 30.9 Å². The first-order valence-electron chi connectivity index (χ1n) is 7.04. The second-order valence-electron chi connectivity index (χ2n) is 5.03. The molecule has 0 bridgehead atoms. The van der Waals surface area contributed by atoms with Crippen molar-refractivity contribution in [1.82, 2.24) is 0 Å². The lowest BCUT2D eigenvalue weighted by atomic mass is 10.1. The number of ether oxygens (including phenoxy) is 3. The third-order valence-electron chi connectivity index (χ3n) is 3.38. The molecular weight excluding hydrogens is 258 g/mol. The van der Waals surface area contributed by atoms with Crippen LogP contribution < -0.4 is 15.2 Å².